The van der Waals surface area contributed by atoms with Gasteiger partial charge in [0.05, 0.1) is 33.0 Å². The van der Waals surface area contributed by atoms with Crippen molar-refractivity contribution in [2.75, 3.05) is 68.1 Å². The summed E-state index contributed by atoms with van der Waals surface area (Å²) in [5, 5.41) is 16.1. The lowest BCUT2D eigenvalue weighted by Crippen LogP contribution is -2.41. The number of aromatic nitrogens is 2. The number of aliphatic hydroxyl groups is 1. The van der Waals surface area contributed by atoms with Crippen LogP contribution in [-0.4, -0.2) is 78.5 Å². The molecule has 10 nitrogen and oxygen atoms in total. The van der Waals surface area contributed by atoms with Gasteiger partial charge in [0.2, 0.25) is 5.95 Å². The minimum absolute atomic E-state index is 0.00833. The van der Waals surface area contributed by atoms with Gasteiger partial charge in [0, 0.05) is 55.9 Å². The van der Waals surface area contributed by atoms with E-state index in [4.69, 9.17) is 9.47 Å². The lowest BCUT2D eigenvalue weighted by Gasteiger charge is -2.31. The van der Waals surface area contributed by atoms with Crippen LogP contribution in [0.3, 0.4) is 0 Å². The number of anilines is 4. The van der Waals surface area contributed by atoms with E-state index in [2.05, 4.69) is 25.5 Å². The fourth-order valence-electron chi connectivity index (χ4n) is 4.61. The van der Waals surface area contributed by atoms with Crippen molar-refractivity contribution in [1.29, 1.82) is 0 Å². The Morgan fingerprint density at radius 2 is 1.76 bits per heavy atom. The SMILES string of the molecule is Cc1ccc(CO)cc1CNc1ccnc(Nc2cc(C(=O)N3CCOCC3)cc(N3CCOCC3)c2)n1. The molecule has 2 aliphatic rings. The summed E-state index contributed by atoms with van der Waals surface area (Å²) in [6.07, 6.45) is 1.69. The molecule has 0 bridgehead atoms. The molecule has 2 aromatic carbocycles. The molecule has 3 heterocycles. The maximum atomic E-state index is 13.3. The van der Waals surface area contributed by atoms with Crippen molar-refractivity contribution >= 4 is 29.0 Å². The molecule has 38 heavy (non-hydrogen) atoms. The van der Waals surface area contributed by atoms with Crippen LogP contribution in [-0.2, 0) is 22.6 Å². The number of benzene rings is 2. The van der Waals surface area contributed by atoms with Gasteiger partial charge < -0.3 is 35.0 Å². The molecule has 2 fully saturated rings. The highest BCUT2D eigenvalue weighted by Crippen LogP contribution is 2.27. The molecule has 5 rings (SSSR count). The van der Waals surface area contributed by atoms with Crippen LogP contribution in [0.25, 0.3) is 0 Å². The number of hydrogen-bond donors (Lipinski definition) is 3. The van der Waals surface area contributed by atoms with E-state index in [1.54, 1.807) is 6.20 Å². The number of aryl methyl sites for hydroxylation is 1. The molecule has 0 aliphatic carbocycles. The van der Waals surface area contributed by atoms with E-state index in [1.807, 2.05) is 54.3 Å². The average molecular weight is 519 g/mol. The Balaban J connectivity index is 1.35. The Morgan fingerprint density at radius 1 is 1.00 bits per heavy atom. The van der Waals surface area contributed by atoms with Gasteiger partial charge in [0.15, 0.2) is 0 Å². The van der Waals surface area contributed by atoms with E-state index in [1.165, 1.54) is 0 Å². The third-order valence-electron chi connectivity index (χ3n) is 6.81. The van der Waals surface area contributed by atoms with Crippen molar-refractivity contribution in [2.45, 2.75) is 20.1 Å². The summed E-state index contributed by atoms with van der Waals surface area (Å²) in [5.74, 6) is 1.09. The molecular formula is C28H34N6O4. The second-order valence-corrected chi connectivity index (χ2v) is 9.44. The van der Waals surface area contributed by atoms with Crippen LogP contribution in [0, 0.1) is 6.92 Å². The molecule has 10 heteroatoms. The Labute approximate surface area is 222 Å². The van der Waals surface area contributed by atoms with Gasteiger partial charge in [-0.15, -0.1) is 0 Å². The van der Waals surface area contributed by atoms with Gasteiger partial charge in [-0.25, -0.2) is 4.98 Å². The molecular weight excluding hydrogens is 484 g/mol. The second kappa shape index (κ2) is 12.2. The first-order valence-electron chi connectivity index (χ1n) is 13.0. The summed E-state index contributed by atoms with van der Waals surface area (Å²) in [6, 6.07) is 13.6. The maximum absolute atomic E-state index is 13.3. The van der Waals surface area contributed by atoms with Crippen LogP contribution >= 0.6 is 0 Å². The van der Waals surface area contributed by atoms with Crippen molar-refractivity contribution in [2.24, 2.45) is 0 Å². The Hall–Kier alpha value is -3.73. The fourth-order valence-corrected chi connectivity index (χ4v) is 4.61. The van der Waals surface area contributed by atoms with E-state index in [0.29, 0.717) is 63.4 Å². The largest absolute Gasteiger partial charge is 0.392 e. The normalized spacial score (nSPS) is 15.8. The third kappa shape index (κ3) is 6.39. The molecule has 0 atom stereocenters. The molecule has 0 saturated carbocycles. The molecule has 200 valence electrons. The maximum Gasteiger partial charge on any atom is 0.254 e. The first-order chi connectivity index (χ1) is 18.6. The summed E-state index contributed by atoms with van der Waals surface area (Å²) < 4.78 is 10.9. The van der Waals surface area contributed by atoms with Gasteiger partial charge in [-0.2, -0.15) is 4.98 Å². The number of nitrogens with one attached hydrogen (secondary N) is 2. The zero-order chi connectivity index (χ0) is 26.3. The summed E-state index contributed by atoms with van der Waals surface area (Å²) >= 11 is 0. The van der Waals surface area contributed by atoms with E-state index in [9.17, 15) is 9.90 Å². The van der Waals surface area contributed by atoms with Crippen LogP contribution in [0.4, 0.5) is 23.1 Å². The quantitative estimate of drug-likeness (QED) is 0.414. The lowest BCUT2D eigenvalue weighted by atomic mass is 10.1. The number of nitrogens with zero attached hydrogens (tertiary/aromatic N) is 4. The predicted molar refractivity (Wildman–Crippen MR) is 146 cm³/mol. The van der Waals surface area contributed by atoms with Gasteiger partial charge in [0.25, 0.3) is 5.91 Å². The van der Waals surface area contributed by atoms with Crippen LogP contribution in [0.15, 0.2) is 48.7 Å². The van der Waals surface area contributed by atoms with E-state index >= 15 is 0 Å². The van der Waals surface area contributed by atoms with Crippen LogP contribution in [0.2, 0.25) is 0 Å². The third-order valence-corrected chi connectivity index (χ3v) is 6.81. The number of rotatable bonds is 8. The van der Waals surface area contributed by atoms with Crippen LogP contribution < -0.4 is 15.5 Å². The molecule has 3 aromatic rings. The fraction of sp³-hybridized carbons (Fsp3) is 0.393. The molecule has 2 saturated heterocycles. The van der Waals surface area contributed by atoms with Crippen LogP contribution in [0.1, 0.15) is 27.0 Å². The Morgan fingerprint density at radius 3 is 2.53 bits per heavy atom. The lowest BCUT2D eigenvalue weighted by molar-refractivity contribution is 0.0303. The number of amides is 1. The highest BCUT2D eigenvalue weighted by atomic mass is 16.5. The monoisotopic (exact) mass is 518 g/mol. The number of morpholine rings is 2. The zero-order valence-corrected chi connectivity index (χ0v) is 21.7. The zero-order valence-electron chi connectivity index (χ0n) is 21.7. The van der Waals surface area contributed by atoms with Gasteiger partial charge in [-0.3, -0.25) is 4.79 Å². The summed E-state index contributed by atoms with van der Waals surface area (Å²) in [4.78, 5) is 26.4. The minimum atomic E-state index is -0.0109. The summed E-state index contributed by atoms with van der Waals surface area (Å²) in [6.45, 7) is 7.74. The number of carbonyl (C=O) groups excluding carboxylic acids is 1. The van der Waals surface area contributed by atoms with E-state index < -0.39 is 0 Å². The van der Waals surface area contributed by atoms with Crippen molar-refractivity contribution in [3.63, 3.8) is 0 Å². The number of ether oxygens (including phenoxy) is 2. The van der Waals surface area contributed by atoms with Gasteiger partial charge >= 0.3 is 0 Å². The number of carbonyl (C=O) groups is 1. The van der Waals surface area contributed by atoms with Crippen molar-refractivity contribution in [3.8, 4) is 0 Å². The average Bonchev–Trinajstić information content (AvgIpc) is 2.97. The predicted octanol–water partition coefficient (Wildman–Crippen LogP) is 2.94. The highest BCUT2D eigenvalue weighted by molar-refractivity contribution is 5.96. The molecule has 3 N–H and O–H groups in total. The Kier molecular flexibility index (Phi) is 8.32. The van der Waals surface area contributed by atoms with Crippen LogP contribution in [0.5, 0.6) is 0 Å². The molecule has 2 aliphatic heterocycles. The number of hydrogen-bond acceptors (Lipinski definition) is 9. The van der Waals surface area contributed by atoms with Crippen molar-refractivity contribution in [3.05, 3.63) is 70.9 Å². The van der Waals surface area contributed by atoms with Crippen molar-refractivity contribution < 1.29 is 19.4 Å². The van der Waals surface area contributed by atoms with Crippen molar-refractivity contribution in [1.82, 2.24) is 14.9 Å². The smallest absolute Gasteiger partial charge is 0.254 e. The topological polar surface area (TPSA) is 112 Å². The Bertz CT molecular complexity index is 1260. The molecule has 0 radical (unpaired) electrons. The standard InChI is InChI=1S/C28H34N6O4/c1-20-2-3-21(19-35)14-23(20)18-30-26-4-5-29-28(32-26)31-24-15-22(27(36)34-8-12-38-13-9-34)16-25(17-24)33-6-10-37-11-7-33/h2-5,14-17,35H,6-13,18-19H2,1H3,(H2,29,30,31,32). The summed E-state index contributed by atoms with van der Waals surface area (Å²) in [7, 11) is 0. The second-order valence-electron chi connectivity index (χ2n) is 9.44. The summed E-state index contributed by atoms with van der Waals surface area (Å²) in [5.41, 5.74) is 5.43. The highest BCUT2D eigenvalue weighted by Gasteiger charge is 2.21. The molecule has 0 spiro atoms. The molecule has 0 unspecified atom stereocenters. The van der Waals surface area contributed by atoms with E-state index in [0.717, 1.165) is 41.2 Å². The number of aliphatic hydroxyl groups excluding tert-OH is 1. The molecule has 1 amide bonds. The van der Waals surface area contributed by atoms with Gasteiger partial charge in [-0.1, -0.05) is 18.2 Å². The first kappa shape index (κ1) is 25.9. The minimum Gasteiger partial charge on any atom is -0.392 e. The van der Waals surface area contributed by atoms with Gasteiger partial charge in [0.1, 0.15) is 5.82 Å². The van der Waals surface area contributed by atoms with E-state index in [-0.39, 0.29) is 12.5 Å². The molecule has 1 aromatic heterocycles. The first-order valence-corrected chi connectivity index (χ1v) is 13.0. The van der Waals surface area contributed by atoms with Gasteiger partial charge in [-0.05, 0) is 47.9 Å².